The molecule has 31 heavy (non-hydrogen) atoms. The maximum absolute atomic E-state index is 11.3. The molecule has 1 unspecified atom stereocenters. The lowest BCUT2D eigenvalue weighted by Crippen LogP contribution is -2.42. The van der Waals surface area contributed by atoms with Crippen molar-refractivity contribution in [3.05, 3.63) is 69.8 Å². The molecule has 0 aromatic heterocycles. The molecule has 1 aliphatic rings. The van der Waals surface area contributed by atoms with E-state index in [-0.39, 0.29) is 23.2 Å². The van der Waals surface area contributed by atoms with Crippen LogP contribution in [0.15, 0.2) is 53.5 Å². The Morgan fingerprint density at radius 2 is 1.97 bits per heavy atom. The molecule has 0 aliphatic carbocycles. The van der Waals surface area contributed by atoms with E-state index in [9.17, 15) is 10.1 Å². The molecule has 0 saturated carbocycles. The first-order chi connectivity index (χ1) is 15.1. The maximum atomic E-state index is 11.3. The Balaban J connectivity index is 1.75. The van der Waals surface area contributed by atoms with Crippen molar-refractivity contribution in [3.8, 4) is 5.75 Å². The summed E-state index contributed by atoms with van der Waals surface area (Å²) in [4.78, 5) is 18.0. The molecule has 0 spiro atoms. The maximum Gasteiger partial charge on any atom is 0.274 e. The fourth-order valence-electron chi connectivity index (χ4n) is 3.88. The summed E-state index contributed by atoms with van der Waals surface area (Å²) in [5, 5.41) is 18.0. The van der Waals surface area contributed by atoms with E-state index in [1.54, 1.807) is 25.3 Å². The number of aliphatic imine (C=N–C) groups is 1. The molecule has 8 nitrogen and oxygen atoms in total. The van der Waals surface area contributed by atoms with E-state index in [2.05, 4.69) is 32.7 Å². The first-order valence-electron chi connectivity index (χ1n) is 10.7. The molecular weight excluding hydrogens is 394 g/mol. The molecule has 0 amide bonds. The average Bonchev–Trinajstić information content (AvgIpc) is 3.32. The highest BCUT2D eigenvalue weighted by molar-refractivity contribution is 5.79. The summed E-state index contributed by atoms with van der Waals surface area (Å²) in [7, 11) is 1.68. The molecule has 1 fully saturated rings. The highest BCUT2D eigenvalue weighted by atomic mass is 16.6. The van der Waals surface area contributed by atoms with Crippen LogP contribution in [0.2, 0.25) is 0 Å². The largest absolute Gasteiger partial charge is 0.497 e. The first kappa shape index (κ1) is 22.6. The van der Waals surface area contributed by atoms with Crippen LogP contribution in [0.5, 0.6) is 5.75 Å². The Hall–Kier alpha value is -3.13. The second-order valence-electron chi connectivity index (χ2n) is 7.50. The Labute approximate surface area is 183 Å². The van der Waals surface area contributed by atoms with Crippen molar-refractivity contribution in [1.82, 2.24) is 15.5 Å². The second-order valence-corrected chi connectivity index (χ2v) is 7.50. The predicted molar refractivity (Wildman–Crippen MR) is 122 cm³/mol. The predicted octanol–water partition coefficient (Wildman–Crippen LogP) is 3.50. The third kappa shape index (κ3) is 6.18. The van der Waals surface area contributed by atoms with Crippen molar-refractivity contribution in [2.45, 2.75) is 32.4 Å². The number of nitrogens with zero attached hydrogens (tertiary/aromatic N) is 3. The second kappa shape index (κ2) is 11.3. The fourth-order valence-corrected chi connectivity index (χ4v) is 3.88. The normalized spacial score (nSPS) is 15.5. The molecule has 2 aromatic rings. The lowest BCUT2D eigenvalue weighted by molar-refractivity contribution is -0.385. The van der Waals surface area contributed by atoms with Gasteiger partial charge in [0.2, 0.25) is 0 Å². The SMILES string of the molecule is CCNC(=NCc1ccccc1[N+](=O)[O-])NCC(c1cccc(OC)c1)N1CCCC1. The molecule has 166 valence electrons. The van der Waals surface area contributed by atoms with Gasteiger partial charge in [-0.3, -0.25) is 15.0 Å². The molecule has 1 atom stereocenters. The Morgan fingerprint density at radius 1 is 1.19 bits per heavy atom. The van der Waals surface area contributed by atoms with Crippen molar-refractivity contribution in [2.75, 3.05) is 33.3 Å². The van der Waals surface area contributed by atoms with Crippen LogP contribution in [0.25, 0.3) is 0 Å². The molecule has 1 heterocycles. The molecular formula is C23H31N5O3. The summed E-state index contributed by atoms with van der Waals surface area (Å²) in [5.74, 6) is 1.49. The molecule has 0 bridgehead atoms. The van der Waals surface area contributed by atoms with Gasteiger partial charge in [0.1, 0.15) is 5.75 Å². The number of rotatable bonds is 9. The van der Waals surface area contributed by atoms with Gasteiger partial charge in [-0.15, -0.1) is 0 Å². The molecule has 3 rings (SSSR count). The summed E-state index contributed by atoms with van der Waals surface area (Å²) >= 11 is 0. The number of methoxy groups -OCH3 is 1. The van der Waals surface area contributed by atoms with E-state index in [1.807, 2.05) is 19.1 Å². The van der Waals surface area contributed by atoms with Gasteiger partial charge in [0.25, 0.3) is 5.69 Å². The van der Waals surface area contributed by atoms with Gasteiger partial charge in [0.15, 0.2) is 5.96 Å². The Bertz CT molecular complexity index is 896. The van der Waals surface area contributed by atoms with Gasteiger partial charge < -0.3 is 15.4 Å². The Morgan fingerprint density at radius 3 is 2.68 bits per heavy atom. The summed E-state index contributed by atoms with van der Waals surface area (Å²) in [6, 6.07) is 15.1. The van der Waals surface area contributed by atoms with Crippen molar-refractivity contribution in [3.63, 3.8) is 0 Å². The lowest BCUT2D eigenvalue weighted by Gasteiger charge is -2.29. The summed E-state index contributed by atoms with van der Waals surface area (Å²) in [6.45, 7) is 5.75. The quantitative estimate of drug-likeness (QED) is 0.277. The minimum Gasteiger partial charge on any atom is -0.497 e. The van der Waals surface area contributed by atoms with Crippen LogP contribution >= 0.6 is 0 Å². The zero-order valence-corrected chi connectivity index (χ0v) is 18.2. The van der Waals surface area contributed by atoms with Crippen molar-refractivity contribution in [1.29, 1.82) is 0 Å². The number of guanidine groups is 1. The van der Waals surface area contributed by atoms with Crippen molar-refractivity contribution in [2.24, 2.45) is 4.99 Å². The van der Waals surface area contributed by atoms with Crippen LogP contribution in [-0.2, 0) is 6.54 Å². The minimum absolute atomic E-state index is 0.0911. The molecule has 8 heteroatoms. The monoisotopic (exact) mass is 425 g/mol. The number of nitro benzene ring substituents is 1. The van der Waals surface area contributed by atoms with Gasteiger partial charge in [0, 0.05) is 19.2 Å². The lowest BCUT2D eigenvalue weighted by atomic mass is 10.1. The third-order valence-electron chi connectivity index (χ3n) is 5.46. The number of ether oxygens (including phenoxy) is 1. The van der Waals surface area contributed by atoms with Crippen LogP contribution < -0.4 is 15.4 Å². The van der Waals surface area contributed by atoms with Gasteiger partial charge in [-0.05, 0) is 50.6 Å². The van der Waals surface area contributed by atoms with Crippen LogP contribution in [0.1, 0.15) is 36.9 Å². The molecule has 0 radical (unpaired) electrons. The number of hydrogen-bond acceptors (Lipinski definition) is 5. The third-order valence-corrected chi connectivity index (χ3v) is 5.46. The number of nitro groups is 1. The Kier molecular flexibility index (Phi) is 8.23. The van der Waals surface area contributed by atoms with Crippen molar-refractivity contribution >= 4 is 11.6 Å². The van der Waals surface area contributed by atoms with Crippen LogP contribution in [0.3, 0.4) is 0 Å². The van der Waals surface area contributed by atoms with E-state index in [0.717, 1.165) is 18.8 Å². The van der Waals surface area contributed by atoms with Crippen molar-refractivity contribution < 1.29 is 9.66 Å². The summed E-state index contributed by atoms with van der Waals surface area (Å²) in [5.41, 5.74) is 1.88. The highest BCUT2D eigenvalue weighted by Gasteiger charge is 2.24. The number of benzene rings is 2. The van der Waals surface area contributed by atoms with Gasteiger partial charge in [-0.25, -0.2) is 4.99 Å². The van der Waals surface area contributed by atoms with E-state index in [4.69, 9.17) is 4.74 Å². The van der Waals surface area contributed by atoms with Gasteiger partial charge in [0.05, 0.1) is 30.2 Å². The number of nitrogens with one attached hydrogen (secondary N) is 2. The number of para-hydroxylation sites is 1. The summed E-state index contributed by atoms with van der Waals surface area (Å²) < 4.78 is 5.42. The topological polar surface area (TPSA) is 92.0 Å². The van der Waals surface area contributed by atoms with Crippen LogP contribution in [0, 0.1) is 10.1 Å². The van der Waals surface area contributed by atoms with E-state index < -0.39 is 0 Å². The molecule has 1 saturated heterocycles. The minimum atomic E-state index is -0.364. The highest BCUT2D eigenvalue weighted by Crippen LogP contribution is 2.27. The van der Waals surface area contributed by atoms with Crippen LogP contribution in [-0.4, -0.2) is 49.1 Å². The average molecular weight is 426 g/mol. The van der Waals surface area contributed by atoms with E-state index in [1.165, 1.54) is 24.5 Å². The summed E-state index contributed by atoms with van der Waals surface area (Å²) in [6.07, 6.45) is 2.40. The van der Waals surface area contributed by atoms with Gasteiger partial charge in [-0.1, -0.05) is 30.3 Å². The number of hydrogen-bond donors (Lipinski definition) is 2. The number of likely N-dealkylation sites (tertiary alicyclic amines) is 1. The van der Waals surface area contributed by atoms with Crippen LogP contribution in [0.4, 0.5) is 5.69 Å². The fraction of sp³-hybridized carbons (Fsp3) is 0.435. The molecule has 2 N–H and O–H groups in total. The van der Waals surface area contributed by atoms with E-state index in [0.29, 0.717) is 24.6 Å². The zero-order chi connectivity index (χ0) is 22.1. The molecule has 1 aliphatic heterocycles. The van der Waals surface area contributed by atoms with Gasteiger partial charge >= 0.3 is 0 Å². The van der Waals surface area contributed by atoms with E-state index >= 15 is 0 Å². The first-order valence-corrected chi connectivity index (χ1v) is 10.7. The standard InChI is InChI=1S/C23H31N5O3/c1-3-24-23(25-16-19-9-4-5-12-21(19)28(29)30)26-17-22(27-13-6-7-14-27)18-10-8-11-20(15-18)31-2/h4-5,8-12,15,22H,3,6-7,13-14,16-17H2,1-2H3,(H2,24,25,26). The van der Waals surface area contributed by atoms with Gasteiger partial charge in [-0.2, -0.15) is 0 Å². The molecule has 2 aromatic carbocycles. The smallest absolute Gasteiger partial charge is 0.274 e. The zero-order valence-electron chi connectivity index (χ0n) is 18.2.